The van der Waals surface area contributed by atoms with E-state index in [1.165, 1.54) is 12.1 Å². The molecule has 24 heavy (non-hydrogen) atoms. The number of carboxylic acid groups (broad SMARTS) is 1. The number of nitrogens with zero attached hydrogens (tertiary/aromatic N) is 1. The molecule has 2 atom stereocenters. The van der Waals surface area contributed by atoms with Crippen LogP contribution in [0, 0.1) is 23.2 Å². The number of amides is 1. The minimum atomic E-state index is -4.53. The lowest BCUT2D eigenvalue weighted by atomic mass is 9.73. The van der Waals surface area contributed by atoms with Gasteiger partial charge in [0.1, 0.15) is 11.8 Å². The van der Waals surface area contributed by atoms with Gasteiger partial charge in [-0.2, -0.15) is 18.4 Å². The fourth-order valence-electron chi connectivity index (χ4n) is 2.32. The van der Waals surface area contributed by atoms with Crippen LogP contribution in [0.25, 0.3) is 0 Å². The molecule has 1 aliphatic rings. The summed E-state index contributed by atoms with van der Waals surface area (Å²) in [6.07, 6.45) is -3.67. The van der Waals surface area contributed by atoms with E-state index < -0.39 is 36.5 Å². The van der Waals surface area contributed by atoms with Crippen LogP contribution in [0.5, 0.6) is 5.75 Å². The molecule has 1 saturated carbocycles. The van der Waals surface area contributed by atoms with Gasteiger partial charge in [0.15, 0.2) is 6.61 Å². The molecule has 0 unspecified atom stereocenters. The predicted molar refractivity (Wildman–Crippen MR) is 75.2 cm³/mol. The Morgan fingerprint density at radius 2 is 2.00 bits per heavy atom. The van der Waals surface area contributed by atoms with Crippen LogP contribution in [0.2, 0.25) is 0 Å². The van der Waals surface area contributed by atoms with Crippen molar-refractivity contribution >= 4 is 17.6 Å². The number of carboxylic acids is 1. The molecule has 0 heterocycles. The van der Waals surface area contributed by atoms with Gasteiger partial charge in [-0.05, 0) is 31.0 Å². The highest BCUT2D eigenvalue weighted by molar-refractivity contribution is 5.96. The number of benzene rings is 1. The lowest BCUT2D eigenvalue weighted by Gasteiger charge is -2.31. The molecule has 9 heteroatoms. The number of nitrogens with one attached hydrogen (secondary N) is 1. The maximum absolute atomic E-state index is 12.2. The third kappa shape index (κ3) is 4.16. The highest BCUT2D eigenvalue weighted by Crippen LogP contribution is 2.35. The summed E-state index contributed by atoms with van der Waals surface area (Å²) in [5, 5.41) is 20.4. The first kappa shape index (κ1) is 17.6. The van der Waals surface area contributed by atoms with Crippen molar-refractivity contribution in [2.45, 2.75) is 19.0 Å². The summed E-state index contributed by atoms with van der Waals surface area (Å²) in [7, 11) is 0. The monoisotopic (exact) mass is 342 g/mol. The van der Waals surface area contributed by atoms with Crippen LogP contribution in [0.15, 0.2) is 18.2 Å². The van der Waals surface area contributed by atoms with Gasteiger partial charge >= 0.3 is 12.1 Å². The zero-order valence-electron chi connectivity index (χ0n) is 12.3. The Hall–Kier alpha value is -2.76. The number of alkyl halides is 3. The van der Waals surface area contributed by atoms with Gasteiger partial charge in [0.2, 0.25) is 5.91 Å². The summed E-state index contributed by atoms with van der Waals surface area (Å²) in [6, 6.07) is 5.31. The molecule has 1 amide bonds. The topological polar surface area (TPSA) is 99.4 Å². The van der Waals surface area contributed by atoms with Gasteiger partial charge in [0.05, 0.1) is 17.4 Å². The van der Waals surface area contributed by atoms with E-state index in [-0.39, 0.29) is 17.0 Å². The molecule has 2 N–H and O–H groups in total. The van der Waals surface area contributed by atoms with Crippen molar-refractivity contribution in [3.8, 4) is 11.8 Å². The minimum absolute atomic E-state index is 0.166. The molecule has 1 fully saturated rings. The van der Waals surface area contributed by atoms with E-state index in [0.29, 0.717) is 12.8 Å². The largest absolute Gasteiger partial charge is 0.483 e. The van der Waals surface area contributed by atoms with Crippen LogP contribution in [-0.2, 0) is 9.59 Å². The van der Waals surface area contributed by atoms with Crippen molar-refractivity contribution < 1.29 is 32.6 Å². The molecule has 6 nitrogen and oxygen atoms in total. The molecule has 0 saturated heterocycles. The van der Waals surface area contributed by atoms with Gasteiger partial charge in [0.25, 0.3) is 0 Å². The van der Waals surface area contributed by atoms with Crippen molar-refractivity contribution in [1.29, 1.82) is 5.26 Å². The second kappa shape index (κ2) is 6.78. The molecule has 0 bridgehead atoms. The van der Waals surface area contributed by atoms with E-state index in [2.05, 4.69) is 10.1 Å². The van der Waals surface area contributed by atoms with E-state index in [9.17, 15) is 22.8 Å². The van der Waals surface area contributed by atoms with Crippen LogP contribution in [0.4, 0.5) is 18.9 Å². The van der Waals surface area contributed by atoms with Crippen molar-refractivity contribution in [3.05, 3.63) is 23.8 Å². The number of hydrogen-bond donors (Lipinski definition) is 2. The lowest BCUT2D eigenvalue weighted by molar-refractivity contribution is -0.153. The SMILES string of the molecule is N#Cc1cc(NC(=O)[C@H]2CC[C@H]2C(=O)O)ccc1OCC(F)(F)F. The van der Waals surface area contributed by atoms with Crippen LogP contribution in [0.3, 0.4) is 0 Å². The van der Waals surface area contributed by atoms with Crippen molar-refractivity contribution in [3.63, 3.8) is 0 Å². The van der Waals surface area contributed by atoms with Gasteiger partial charge in [-0.25, -0.2) is 0 Å². The number of nitriles is 1. The Labute approximate surface area is 134 Å². The number of ether oxygens (including phenoxy) is 1. The molecular weight excluding hydrogens is 329 g/mol. The molecular formula is C15H13F3N2O4. The predicted octanol–water partition coefficient (Wildman–Crippen LogP) is 2.55. The van der Waals surface area contributed by atoms with E-state index in [1.807, 2.05) is 0 Å². The maximum Gasteiger partial charge on any atom is 0.422 e. The first-order valence-electron chi connectivity index (χ1n) is 6.98. The average Bonchev–Trinajstić information content (AvgIpc) is 2.42. The smallest absolute Gasteiger partial charge is 0.422 e. The second-order valence-corrected chi connectivity index (χ2v) is 5.34. The standard InChI is InChI=1S/C15H13F3N2O4/c16-15(17,18)7-24-12-4-1-9(5-8(12)6-19)20-13(21)10-2-3-11(10)14(22)23/h1,4-5,10-11H,2-3,7H2,(H,20,21)(H,22,23)/t10-,11+/m0/s1. The minimum Gasteiger partial charge on any atom is -0.483 e. The highest BCUT2D eigenvalue weighted by atomic mass is 19.4. The Kier molecular flexibility index (Phi) is 4.97. The van der Waals surface area contributed by atoms with Crippen molar-refractivity contribution in [2.75, 3.05) is 11.9 Å². The zero-order valence-corrected chi connectivity index (χ0v) is 12.3. The van der Waals surface area contributed by atoms with Crippen molar-refractivity contribution in [2.24, 2.45) is 11.8 Å². The van der Waals surface area contributed by atoms with Crippen LogP contribution in [0.1, 0.15) is 18.4 Å². The number of carbonyl (C=O) groups is 2. The lowest BCUT2D eigenvalue weighted by Crippen LogP contribution is -2.41. The molecule has 1 aliphatic carbocycles. The third-order valence-electron chi connectivity index (χ3n) is 3.69. The summed E-state index contributed by atoms with van der Waals surface area (Å²) >= 11 is 0. The van der Waals surface area contributed by atoms with Gasteiger partial charge in [-0.15, -0.1) is 0 Å². The second-order valence-electron chi connectivity index (χ2n) is 5.34. The van der Waals surface area contributed by atoms with Crippen LogP contribution >= 0.6 is 0 Å². The average molecular weight is 342 g/mol. The molecule has 2 rings (SSSR count). The first-order valence-corrected chi connectivity index (χ1v) is 6.98. The van der Waals surface area contributed by atoms with E-state index in [0.717, 1.165) is 6.07 Å². The normalized spacial score (nSPS) is 19.8. The van der Waals surface area contributed by atoms with E-state index >= 15 is 0 Å². The zero-order chi connectivity index (χ0) is 17.9. The summed E-state index contributed by atoms with van der Waals surface area (Å²) in [5.41, 5.74) is 0.0207. The van der Waals surface area contributed by atoms with Gasteiger partial charge in [0, 0.05) is 5.69 Å². The highest BCUT2D eigenvalue weighted by Gasteiger charge is 2.41. The number of anilines is 1. The fraction of sp³-hybridized carbons (Fsp3) is 0.400. The first-order chi connectivity index (χ1) is 11.2. The summed E-state index contributed by atoms with van der Waals surface area (Å²) in [6.45, 7) is -1.53. The molecule has 0 radical (unpaired) electrons. The Morgan fingerprint density at radius 1 is 1.33 bits per heavy atom. The third-order valence-corrected chi connectivity index (χ3v) is 3.69. The molecule has 0 aromatic heterocycles. The molecule has 128 valence electrons. The number of carbonyl (C=O) groups excluding carboxylic acids is 1. The van der Waals surface area contributed by atoms with Gasteiger partial charge < -0.3 is 15.2 Å². The van der Waals surface area contributed by atoms with Crippen molar-refractivity contribution in [1.82, 2.24) is 0 Å². The Morgan fingerprint density at radius 3 is 2.50 bits per heavy atom. The fourth-order valence-corrected chi connectivity index (χ4v) is 2.32. The molecule has 0 aliphatic heterocycles. The molecule has 1 aromatic rings. The van der Waals surface area contributed by atoms with Gasteiger partial charge in [-0.3, -0.25) is 9.59 Å². The number of halogens is 3. The Bertz CT molecular complexity index is 697. The molecule has 1 aromatic carbocycles. The van der Waals surface area contributed by atoms with E-state index in [1.54, 1.807) is 6.07 Å². The van der Waals surface area contributed by atoms with Gasteiger partial charge in [-0.1, -0.05) is 0 Å². The van der Waals surface area contributed by atoms with Crippen LogP contribution < -0.4 is 10.1 Å². The number of aliphatic carboxylic acids is 1. The quantitative estimate of drug-likeness (QED) is 0.857. The number of rotatable bonds is 5. The van der Waals surface area contributed by atoms with Crippen LogP contribution in [-0.4, -0.2) is 29.8 Å². The summed E-state index contributed by atoms with van der Waals surface area (Å²) in [5.74, 6) is -3.19. The molecule has 0 spiro atoms. The summed E-state index contributed by atoms with van der Waals surface area (Å²) in [4.78, 5) is 22.9. The maximum atomic E-state index is 12.2. The Balaban J connectivity index is 2.06. The summed E-state index contributed by atoms with van der Waals surface area (Å²) < 4.78 is 41.0. The number of hydrogen-bond acceptors (Lipinski definition) is 4. The van der Waals surface area contributed by atoms with E-state index in [4.69, 9.17) is 10.4 Å².